The van der Waals surface area contributed by atoms with Gasteiger partial charge in [0.15, 0.2) is 0 Å². The average Bonchev–Trinajstić information content (AvgIpc) is 3.07. The molecule has 0 spiro atoms. The topological polar surface area (TPSA) is 55.6 Å². The minimum Gasteiger partial charge on any atom is -0.366 e. The Morgan fingerprint density at radius 3 is 2.77 bits per heavy atom. The zero-order valence-corrected chi connectivity index (χ0v) is 12.8. The van der Waals surface area contributed by atoms with Gasteiger partial charge in [0.25, 0.3) is 0 Å². The Balaban J connectivity index is 1.81. The fourth-order valence-corrected chi connectivity index (χ4v) is 2.38. The van der Waals surface area contributed by atoms with E-state index in [0.29, 0.717) is 6.54 Å². The molecule has 0 aliphatic rings. The van der Waals surface area contributed by atoms with E-state index in [9.17, 15) is 0 Å². The summed E-state index contributed by atoms with van der Waals surface area (Å²) in [6.07, 6.45) is 4.64. The van der Waals surface area contributed by atoms with Crippen LogP contribution in [0.3, 0.4) is 0 Å². The second kappa shape index (κ2) is 6.39. The number of aromatic nitrogens is 4. The highest BCUT2D eigenvalue weighted by atomic mass is 15.3. The maximum Gasteiger partial charge on any atom is 0.130 e. The van der Waals surface area contributed by atoms with Crippen LogP contribution in [0.15, 0.2) is 48.8 Å². The molecule has 0 radical (unpaired) electrons. The normalized spacial score (nSPS) is 10.6. The Labute approximate surface area is 130 Å². The van der Waals surface area contributed by atoms with Gasteiger partial charge in [-0.1, -0.05) is 25.1 Å². The summed E-state index contributed by atoms with van der Waals surface area (Å²) in [7, 11) is 0. The van der Waals surface area contributed by atoms with Crippen LogP contribution < -0.4 is 5.32 Å². The first kappa shape index (κ1) is 14.3. The number of rotatable bonds is 5. The Morgan fingerprint density at radius 1 is 1.14 bits per heavy atom. The number of anilines is 1. The SMILES string of the molecule is CCc1cc(NCc2ccccc2-n2cccn2)nc(C)n1. The number of aryl methyl sites for hydroxylation is 2. The van der Waals surface area contributed by atoms with Crippen molar-refractivity contribution in [3.63, 3.8) is 0 Å². The van der Waals surface area contributed by atoms with Crippen LogP contribution in [0, 0.1) is 6.92 Å². The van der Waals surface area contributed by atoms with E-state index in [1.807, 2.05) is 42.1 Å². The van der Waals surface area contributed by atoms with Gasteiger partial charge in [0.05, 0.1) is 5.69 Å². The number of hydrogen-bond donors (Lipinski definition) is 1. The van der Waals surface area contributed by atoms with Crippen molar-refractivity contribution < 1.29 is 0 Å². The van der Waals surface area contributed by atoms with Crippen LogP contribution in [-0.2, 0) is 13.0 Å². The molecule has 22 heavy (non-hydrogen) atoms. The highest BCUT2D eigenvalue weighted by Crippen LogP contribution is 2.15. The molecule has 5 heteroatoms. The number of hydrogen-bond acceptors (Lipinski definition) is 4. The first-order valence-corrected chi connectivity index (χ1v) is 7.42. The van der Waals surface area contributed by atoms with E-state index in [2.05, 4.69) is 39.4 Å². The molecule has 0 fully saturated rings. The predicted octanol–water partition coefficient (Wildman–Crippen LogP) is 3.15. The predicted molar refractivity (Wildman–Crippen MR) is 87.0 cm³/mol. The second-order valence-electron chi connectivity index (χ2n) is 5.08. The van der Waals surface area contributed by atoms with Crippen molar-refractivity contribution in [3.8, 4) is 5.69 Å². The highest BCUT2D eigenvalue weighted by molar-refractivity contribution is 5.44. The van der Waals surface area contributed by atoms with Gasteiger partial charge in [-0.15, -0.1) is 0 Å². The number of benzene rings is 1. The monoisotopic (exact) mass is 293 g/mol. The lowest BCUT2D eigenvalue weighted by Crippen LogP contribution is -2.08. The van der Waals surface area contributed by atoms with Gasteiger partial charge in [-0.25, -0.2) is 14.6 Å². The van der Waals surface area contributed by atoms with Crippen LogP contribution in [0.2, 0.25) is 0 Å². The molecule has 3 rings (SSSR count). The van der Waals surface area contributed by atoms with Crippen LogP contribution in [0.25, 0.3) is 5.69 Å². The van der Waals surface area contributed by atoms with E-state index in [1.54, 1.807) is 6.20 Å². The molecular weight excluding hydrogens is 274 g/mol. The summed E-state index contributed by atoms with van der Waals surface area (Å²) >= 11 is 0. The zero-order chi connectivity index (χ0) is 15.4. The summed E-state index contributed by atoms with van der Waals surface area (Å²) < 4.78 is 1.87. The molecule has 0 bridgehead atoms. The van der Waals surface area contributed by atoms with Crippen LogP contribution in [0.1, 0.15) is 24.0 Å². The first-order chi connectivity index (χ1) is 10.8. The summed E-state index contributed by atoms with van der Waals surface area (Å²) in [5.41, 5.74) is 3.29. The van der Waals surface area contributed by atoms with Gasteiger partial charge in [-0.05, 0) is 31.0 Å². The van der Waals surface area contributed by atoms with E-state index >= 15 is 0 Å². The Morgan fingerprint density at radius 2 is 2.00 bits per heavy atom. The minimum atomic E-state index is 0.690. The molecule has 3 aromatic rings. The molecule has 0 saturated heterocycles. The highest BCUT2D eigenvalue weighted by Gasteiger charge is 2.05. The van der Waals surface area contributed by atoms with E-state index in [1.165, 1.54) is 5.56 Å². The summed E-state index contributed by atoms with van der Waals surface area (Å²) in [4.78, 5) is 8.84. The molecule has 0 saturated carbocycles. The van der Waals surface area contributed by atoms with E-state index in [0.717, 1.165) is 29.4 Å². The second-order valence-corrected chi connectivity index (χ2v) is 5.08. The van der Waals surface area contributed by atoms with Gasteiger partial charge in [-0.3, -0.25) is 0 Å². The molecule has 0 atom stereocenters. The van der Waals surface area contributed by atoms with Crippen molar-refractivity contribution >= 4 is 5.82 Å². The van der Waals surface area contributed by atoms with Crippen LogP contribution in [0.4, 0.5) is 5.82 Å². The summed E-state index contributed by atoms with van der Waals surface area (Å²) in [5.74, 6) is 1.65. The lowest BCUT2D eigenvalue weighted by atomic mass is 10.1. The van der Waals surface area contributed by atoms with Gasteiger partial charge in [-0.2, -0.15) is 5.10 Å². The Hall–Kier alpha value is -2.69. The largest absolute Gasteiger partial charge is 0.366 e. The van der Waals surface area contributed by atoms with Crippen molar-refractivity contribution in [1.29, 1.82) is 0 Å². The molecule has 2 heterocycles. The van der Waals surface area contributed by atoms with Gasteiger partial charge in [0.1, 0.15) is 11.6 Å². The number of nitrogens with one attached hydrogen (secondary N) is 1. The fourth-order valence-electron chi connectivity index (χ4n) is 2.38. The zero-order valence-electron chi connectivity index (χ0n) is 12.8. The molecule has 0 aliphatic carbocycles. The Bertz CT molecular complexity index is 750. The molecule has 0 amide bonds. The van der Waals surface area contributed by atoms with E-state index in [-0.39, 0.29) is 0 Å². The standard InChI is InChI=1S/C17H19N5/c1-3-15-11-17(21-13(2)20-15)18-12-14-7-4-5-8-16(14)22-10-6-9-19-22/h4-11H,3,12H2,1-2H3,(H,18,20,21). The van der Waals surface area contributed by atoms with Crippen molar-refractivity contribution in [1.82, 2.24) is 19.7 Å². The van der Waals surface area contributed by atoms with E-state index in [4.69, 9.17) is 0 Å². The maximum absolute atomic E-state index is 4.44. The number of nitrogens with zero attached hydrogens (tertiary/aromatic N) is 4. The summed E-state index contributed by atoms with van der Waals surface area (Å²) in [6, 6.07) is 12.1. The van der Waals surface area contributed by atoms with Gasteiger partial charge < -0.3 is 5.32 Å². The molecule has 1 N–H and O–H groups in total. The van der Waals surface area contributed by atoms with Crippen molar-refractivity contribution in [3.05, 3.63) is 65.9 Å². The average molecular weight is 293 g/mol. The number of para-hydroxylation sites is 1. The molecule has 0 unspecified atom stereocenters. The summed E-state index contributed by atoms with van der Waals surface area (Å²) in [5, 5.41) is 7.69. The third-order valence-corrected chi connectivity index (χ3v) is 3.46. The van der Waals surface area contributed by atoms with Gasteiger partial charge in [0.2, 0.25) is 0 Å². The third-order valence-electron chi connectivity index (χ3n) is 3.46. The molecule has 0 aliphatic heterocycles. The van der Waals surface area contributed by atoms with Crippen LogP contribution in [-0.4, -0.2) is 19.7 Å². The van der Waals surface area contributed by atoms with Crippen molar-refractivity contribution in [2.75, 3.05) is 5.32 Å². The molecular formula is C17H19N5. The third kappa shape index (κ3) is 3.14. The fraction of sp³-hybridized carbons (Fsp3) is 0.235. The van der Waals surface area contributed by atoms with Crippen LogP contribution >= 0.6 is 0 Å². The Kier molecular flexibility index (Phi) is 4.14. The van der Waals surface area contributed by atoms with Gasteiger partial charge in [0, 0.05) is 30.7 Å². The molecule has 112 valence electrons. The van der Waals surface area contributed by atoms with Gasteiger partial charge >= 0.3 is 0 Å². The molecule has 1 aromatic carbocycles. The summed E-state index contributed by atoms with van der Waals surface area (Å²) in [6.45, 7) is 4.70. The molecule has 5 nitrogen and oxygen atoms in total. The van der Waals surface area contributed by atoms with Crippen LogP contribution in [0.5, 0.6) is 0 Å². The maximum atomic E-state index is 4.44. The smallest absolute Gasteiger partial charge is 0.130 e. The first-order valence-electron chi connectivity index (χ1n) is 7.42. The lowest BCUT2D eigenvalue weighted by Gasteiger charge is -2.12. The van der Waals surface area contributed by atoms with Crippen molar-refractivity contribution in [2.45, 2.75) is 26.8 Å². The lowest BCUT2D eigenvalue weighted by molar-refractivity contribution is 0.862. The van der Waals surface area contributed by atoms with Crippen molar-refractivity contribution in [2.24, 2.45) is 0 Å². The quantitative estimate of drug-likeness (QED) is 0.785. The molecule has 2 aromatic heterocycles. The minimum absolute atomic E-state index is 0.690. The van der Waals surface area contributed by atoms with E-state index < -0.39 is 0 Å².